The quantitative estimate of drug-likeness (QED) is 0.470. The zero-order chi connectivity index (χ0) is 29.3. The first-order valence-electron chi connectivity index (χ1n) is 15.0. The number of amides is 1. The van der Waals surface area contributed by atoms with E-state index in [4.69, 9.17) is 9.47 Å². The number of likely N-dealkylation sites (N-methyl/N-ethyl adjacent to an activating group) is 1. The van der Waals surface area contributed by atoms with Gasteiger partial charge in [0.2, 0.25) is 10.0 Å². The molecule has 1 aliphatic heterocycles. The normalized spacial score (nSPS) is 25.1. The van der Waals surface area contributed by atoms with Gasteiger partial charge in [0.15, 0.2) is 0 Å². The van der Waals surface area contributed by atoms with Gasteiger partial charge in [0, 0.05) is 37.8 Å². The van der Waals surface area contributed by atoms with Gasteiger partial charge in [-0.2, -0.15) is 0 Å². The lowest BCUT2D eigenvalue weighted by Gasteiger charge is -2.36. The highest BCUT2D eigenvalue weighted by atomic mass is 32.2. The lowest BCUT2D eigenvalue weighted by atomic mass is 9.89. The number of fused-ring (bicyclic) bond motifs is 1. The zero-order valence-electron chi connectivity index (χ0n) is 25.1. The van der Waals surface area contributed by atoms with Gasteiger partial charge in [0.1, 0.15) is 5.75 Å². The Bertz CT molecular complexity index is 1050. The molecule has 1 fully saturated rings. The van der Waals surface area contributed by atoms with Crippen LogP contribution < -0.4 is 9.46 Å². The van der Waals surface area contributed by atoms with Gasteiger partial charge in [0.25, 0.3) is 5.91 Å². The minimum atomic E-state index is -3.53. The Morgan fingerprint density at radius 3 is 2.48 bits per heavy atom. The minimum absolute atomic E-state index is 0.00955. The van der Waals surface area contributed by atoms with Crippen LogP contribution in [0.4, 0.5) is 5.69 Å². The van der Waals surface area contributed by atoms with Gasteiger partial charge >= 0.3 is 0 Å². The molecular weight excluding hydrogens is 530 g/mol. The van der Waals surface area contributed by atoms with Crippen LogP contribution in [0.1, 0.15) is 82.5 Å². The highest BCUT2D eigenvalue weighted by Crippen LogP contribution is 2.29. The van der Waals surface area contributed by atoms with Crippen LogP contribution in [-0.4, -0.2) is 93.6 Å². The number of carbonyl (C=O) groups excluding carboxylic acids is 1. The first-order valence-corrected chi connectivity index (χ1v) is 16.9. The van der Waals surface area contributed by atoms with Gasteiger partial charge in [-0.1, -0.05) is 26.2 Å². The molecule has 0 unspecified atom stereocenters. The van der Waals surface area contributed by atoms with Crippen LogP contribution in [0.2, 0.25) is 0 Å². The smallest absolute Gasteiger partial charge is 0.258 e. The third kappa shape index (κ3) is 10.2. The fourth-order valence-electron chi connectivity index (χ4n) is 5.85. The number of nitrogens with one attached hydrogen (secondary N) is 1. The van der Waals surface area contributed by atoms with Crippen molar-refractivity contribution in [3.05, 3.63) is 23.8 Å². The number of aliphatic hydroxyl groups excluding tert-OH is 1. The number of rotatable bonds is 8. The second-order valence-electron chi connectivity index (χ2n) is 12.1. The molecule has 1 aromatic rings. The van der Waals surface area contributed by atoms with Crippen LogP contribution in [0, 0.1) is 11.8 Å². The summed E-state index contributed by atoms with van der Waals surface area (Å²) >= 11 is 0. The molecule has 9 nitrogen and oxygen atoms in total. The van der Waals surface area contributed by atoms with E-state index >= 15 is 0 Å². The Hall–Kier alpha value is -1.88. The zero-order valence-corrected chi connectivity index (χ0v) is 25.9. The molecular formula is C30H51N3O6S. The summed E-state index contributed by atoms with van der Waals surface area (Å²) in [6.45, 7) is 8.59. The maximum absolute atomic E-state index is 14.1. The van der Waals surface area contributed by atoms with Gasteiger partial charge < -0.3 is 24.4 Å². The molecule has 1 aliphatic carbocycles. The third-order valence-corrected chi connectivity index (χ3v) is 8.75. The van der Waals surface area contributed by atoms with Gasteiger partial charge in [-0.25, -0.2) is 8.42 Å². The molecule has 0 aromatic heterocycles. The summed E-state index contributed by atoms with van der Waals surface area (Å²) in [5.74, 6) is 0.846. The van der Waals surface area contributed by atoms with Crippen molar-refractivity contribution in [3.63, 3.8) is 0 Å². The second kappa shape index (κ2) is 15.4. The van der Waals surface area contributed by atoms with Crippen LogP contribution in [0.5, 0.6) is 5.75 Å². The molecule has 1 aromatic carbocycles. The van der Waals surface area contributed by atoms with Gasteiger partial charge in [-0.05, 0) is 77.1 Å². The van der Waals surface area contributed by atoms with E-state index in [0.717, 1.165) is 44.5 Å². The van der Waals surface area contributed by atoms with Gasteiger partial charge in [-0.15, -0.1) is 0 Å². The van der Waals surface area contributed by atoms with Gasteiger partial charge in [0.05, 0.1) is 36.7 Å². The highest BCUT2D eigenvalue weighted by Gasteiger charge is 2.31. The van der Waals surface area contributed by atoms with Crippen LogP contribution in [0.3, 0.4) is 0 Å². The Labute approximate surface area is 241 Å². The molecule has 0 saturated heterocycles. The van der Waals surface area contributed by atoms with E-state index in [2.05, 4.69) is 23.6 Å². The Kier molecular flexibility index (Phi) is 12.5. The maximum Gasteiger partial charge on any atom is 0.258 e. The molecule has 4 atom stereocenters. The van der Waals surface area contributed by atoms with Crippen molar-refractivity contribution in [1.29, 1.82) is 0 Å². The van der Waals surface area contributed by atoms with E-state index in [0.29, 0.717) is 24.6 Å². The number of hydrogen-bond donors (Lipinski definition) is 2. The number of aliphatic hydroxyl groups is 1. The van der Waals surface area contributed by atoms with Crippen LogP contribution >= 0.6 is 0 Å². The van der Waals surface area contributed by atoms with Crippen molar-refractivity contribution in [2.45, 2.75) is 90.4 Å². The minimum Gasteiger partial charge on any atom is -0.490 e. The largest absolute Gasteiger partial charge is 0.490 e. The summed E-state index contributed by atoms with van der Waals surface area (Å²) in [7, 11) is -1.36. The van der Waals surface area contributed by atoms with E-state index in [9.17, 15) is 18.3 Å². The standard InChI is InChI=1S/C30H51N3O6S/c1-22-18-33(23(2)21-34)30(35)27-17-26(31-40(5,36)37)14-15-28(27)39-24(3)11-9-10-16-38-29(22)20-32(4)19-25-12-7-6-8-13-25/h14-15,17,22-25,29,31,34H,6-13,16,18-21H2,1-5H3/t22-,23+,24-,29+/m0/s1. The van der Waals surface area contributed by atoms with Crippen molar-refractivity contribution < 1.29 is 27.8 Å². The summed E-state index contributed by atoms with van der Waals surface area (Å²) in [6, 6.07) is 4.35. The molecule has 2 N–H and O–H groups in total. The fourth-order valence-corrected chi connectivity index (χ4v) is 6.41. The Morgan fingerprint density at radius 2 is 1.80 bits per heavy atom. The van der Waals surface area contributed by atoms with Crippen molar-refractivity contribution in [3.8, 4) is 5.75 Å². The average molecular weight is 582 g/mol. The highest BCUT2D eigenvalue weighted by molar-refractivity contribution is 7.92. The Morgan fingerprint density at radius 1 is 1.10 bits per heavy atom. The molecule has 10 heteroatoms. The number of sulfonamides is 1. The van der Waals surface area contributed by atoms with E-state index in [1.54, 1.807) is 17.0 Å². The maximum atomic E-state index is 14.1. The summed E-state index contributed by atoms with van der Waals surface area (Å²) in [6.07, 6.45) is 10.1. The predicted molar refractivity (Wildman–Crippen MR) is 159 cm³/mol. The molecule has 0 radical (unpaired) electrons. The van der Waals surface area contributed by atoms with E-state index < -0.39 is 16.1 Å². The SMILES string of the molecule is C[C@H](CO)N1C[C@H](C)[C@@H](CN(C)CC2CCCCC2)OCCCC[C@H](C)Oc2ccc(NS(C)(=O)=O)cc2C1=O. The number of nitrogens with zero attached hydrogens (tertiary/aromatic N) is 2. The number of benzene rings is 1. The van der Waals surface area contributed by atoms with Crippen LogP contribution in [0.15, 0.2) is 18.2 Å². The molecule has 3 rings (SSSR count). The number of hydrogen-bond acceptors (Lipinski definition) is 7. The fraction of sp³-hybridized carbons (Fsp3) is 0.767. The number of carbonyl (C=O) groups is 1. The van der Waals surface area contributed by atoms with Crippen molar-refractivity contribution in [2.75, 3.05) is 50.9 Å². The van der Waals surface area contributed by atoms with Crippen LogP contribution in [0.25, 0.3) is 0 Å². The summed E-state index contributed by atoms with van der Waals surface area (Å²) in [5.41, 5.74) is 0.569. The van der Waals surface area contributed by atoms with Crippen molar-refractivity contribution in [1.82, 2.24) is 9.80 Å². The first-order chi connectivity index (χ1) is 19.0. The lowest BCUT2D eigenvalue weighted by molar-refractivity contribution is -0.0190. The van der Waals surface area contributed by atoms with E-state index in [-0.39, 0.29) is 36.2 Å². The van der Waals surface area contributed by atoms with Crippen LogP contribution in [-0.2, 0) is 14.8 Å². The summed E-state index contributed by atoms with van der Waals surface area (Å²) < 4.78 is 38.9. The van der Waals surface area contributed by atoms with Crippen molar-refractivity contribution in [2.24, 2.45) is 11.8 Å². The third-order valence-electron chi connectivity index (χ3n) is 8.14. The monoisotopic (exact) mass is 581 g/mol. The van der Waals surface area contributed by atoms with E-state index in [1.165, 1.54) is 38.2 Å². The predicted octanol–water partition coefficient (Wildman–Crippen LogP) is 4.37. The molecule has 0 bridgehead atoms. The molecule has 0 spiro atoms. The van der Waals surface area contributed by atoms with Gasteiger partial charge in [-0.3, -0.25) is 9.52 Å². The molecule has 1 heterocycles. The number of ether oxygens (including phenoxy) is 2. The summed E-state index contributed by atoms with van der Waals surface area (Å²) in [4.78, 5) is 18.1. The molecule has 1 saturated carbocycles. The molecule has 40 heavy (non-hydrogen) atoms. The second-order valence-corrected chi connectivity index (χ2v) is 13.9. The molecule has 2 aliphatic rings. The summed E-state index contributed by atoms with van der Waals surface area (Å²) in [5, 5.41) is 10.1. The molecule has 1 amide bonds. The lowest BCUT2D eigenvalue weighted by Crippen LogP contribution is -2.47. The van der Waals surface area contributed by atoms with Crippen molar-refractivity contribution >= 4 is 21.6 Å². The first kappa shape index (κ1) is 32.6. The molecule has 228 valence electrons. The Balaban J connectivity index is 1.89. The van der Waals surface area contributed by atoms with E-state index in [1.807, 2.05) is 13.8 Å². The number of anilines is 1. The average Bonchev–Trinajstić information content (AvgIpc) is 2.90. The topological polar surface area (TPSA) is 108 Å².